The lowest BCUT2D eigenvalue weighted by Crippen LogP contribution is -2.38. The van der Waals surface area contributed by atoms with Gasteiger partial charge in [-0.25, -0.2) is 13.1 Å². The first-order valence-electron chi connectivity index (χ1n) is 6.00. The smallest absolute Gasteiger partial charge is 0.250 e. The molecule has 5 nitrogen and oxygen atoms in total. The summed E-state index contributed by atoms with van der Waals surface area (Å²) in [5.74, 6) is 0. The Kier molecular flexibility index (Phi) is 4.39. The van der Waals surface area contributed by atoms with Gasteiger partial charge in [-0.15, -0.1) is 11.3 Å². The van der Waals surface area contributed by atoms with Crippen LogP contribution in [-0.4, -0.2) is 25.7 Å². The summed E-state index contributed by atoms with van der Waals surface area (Å²) in [4.78, 5) is 0.856. The highest BCUT2D eigenvalue weighted by Crippen LogP contribution is 2.24. The van der Waals surface area contributed by atoms with E-state index in [1.165, 1.54) is 11.3 Å². The lowest BCUT2D eigenvalue weighted by atomic mass is 9.94. The third-order valence-corrected chi connectivity index (χ3v) is 6.24. The maximum Gasteiger partial charge on any atom is 0.250 e. The molecule has 2 rings (SSSR count). The van der Waals surface area contributed by atoms with Crippen molar-refractivity contribution in [1.29, 1.82) is 0 Å². The summed E-state index contributed by atoms with van der Waals surface area (Å²) in [6, 6.07) is 3.26. The molecule has 1 aliphatic carbocycles. The predicted molar refractivity (Wildman–Crippen MR) is 70.8 cm³/mol. The first-order valence-corrected chi connectivity index (χ1v) is 8.30. The van der Waals surface area contributed by atoms with Crippen molar-refractivity contribution >= 4 is 21.4 Å². The normalized spacial score (nSPS) is 25.2. The Balaban J connectivity index is 2.03. The van der Waals surface area contributed by atoms with E-state index in [4.69, 9.17) is 5.73 Å². The van der Waals surface area contributed by atoms with Gasteiger partial charge in [0.05, 0.1) is 6.10 Å². The number of nitrogens with two attached hydrogens (primary N) is 1. The van der Waals surface area contributed by atoms with Crippen molar-refractivity contribution in [3.05, 3.63) is 17.0 Å². The highest BCUT2D eigenvalue weighted by Gasteiger charge is 2.25. The Morgan fingerprint density at radius 3 is 2.56 bits per heavy atom. The molecule has 0 saturated heterocycles. The SMILES string of the molecule is NCc1ccc(S(=O)(=O)NC2CCC(O)CC2)s1. The molecular formula is C11H18N2O3S2. The van der Waals surface area contributed by atoms with Crippen LogP contribution in [0.2, 0.25) is 0 Å². The molecule has 0 amide bonds. The average molecular weight is 290 g/mol. The second-order valence-corrected chi connectivity index (χ2v) is 7.66. The van der Waals surface area contributed by atoms with Gasteiger partial charge in [0.1, 0.15) is 4.21 Å². The largest absolute Gasteiger partial charge is 0.393 e. The number of aliphatic hydroxyl groups is 1. The maximum absolute atomic E-state index is 12.1. The van der Waals surface area contributed by atoms with Gasteiger partial charge < -0.3 is 10.8 Å². The van der Waals surface area contributed by atoms with Crippen LogP contribution in [0.15, 0.2) is 16.3 Å². The first-order chi connectivity index (χ1) is 8.51. The average Bonchev–Trinajstić information content (AvgIpc) is 2.81. The van der Waals surface area contributed by atoms with E-state index in [0.29, 0.717) is 36.4 Å². The molecule has 1 heterocycles. The summed E-state index contributed by atoms with van der Waals surface area (Å²) in [6.07, 6.45) is 2.42. The molecule has 0 spiro atoms. The van der Waals surface area contributed by atoms with Crippen LogP contribution in [0.3, 0.4) is 0 Å². The van der Waals surface area contributed by atoms with E-state index >= 15 is 0 Å². The van der Waals surface area contributed by atoms with Crippen molar-refractivity contribution in [1.82, 2.24) is 4.72 Å². The van der Waals surface area contributed by atoms with Crippen molar-refractivity contribution in [3.63, 3.8) is 0 Å². The van der Waals surface area contributed by atoms with E-state index in [1.54, 1.807) is 12.1 Å². The van der Waals surface area contributed by atoms with Gasteiger partial charge in [-0.2, -0.15) is 0 Å². The van der Waals surface area contributed by atoms with Gasteiger partial charge in [-0.05, 0) is 37.8 Å². The molecule has 1 saturated carbocycles. The quantitative estimate of drug-likeness (QED) is 0.764. The van der Waals surface area contributed by atoms with Crippen LogP contribution >= 0.6 is 11.3 Å². The number of hydrogen-bond donors (Lipinski definition) is 3. The molecule has 0 bridgehead atoms. The third kappa shape index (κ3) is 3.30. The zero-order valence-corrected chi connectivity index (χ0v) is 11.6. The maximum atomic E-state index is 12.1. The molecule has 0 unspecified atom stereocenters. The number of thiophene rings is 1. The summed E-state index contributed by atoms with van der Waals surface area (Å²) in [7, 11) is -3.44. The number of rotatable bonds is 4. The van der Waals surface area contributed by atoms with Gasteiger partial charge in [0.15, 0.2) is 0 Å². The third-order valence-electron chi connectivity index (χ3n) is 3.12. The molecule has 1 fully saturated rings. The van der Waals surface area contributed by atoms with E-state index in [1.807, 2.05) is 0 Å². The fraction of sp³-hybridized carbons (Fsp3) is 0.636. The van der Waals surface area contributed by atoms with Gasteiger partial charge in [-0.1, -0.05) is 0 Å². The molecular weight excluding hydrogens is 272 g/mol. The van der Waals surface area contributed by atoms with Crippen LogP contribution < -0.4 is 10.5 Å². The highest BCUT2D eigenvalue weighted by molar-refractivity contribution is 7.91. The summed E-state index contributed by atoms with van der Waals surface area (Å²) >= 11 is 1.20. The Morgan fingerprint density at radius 2 is 2.00 bits per heavy atom. The van der Waals surface area contributed by atoms with Crippen LogP contribution in [0.25, 0.3) is 0 Å². The fourth-order valence-electron chi connectivity index (χ4n) is 2.08. The Labute approximate surface area is 111 Å². The van der Waals surface area contributed by atoms with Crippen LogP contribution in [0.5, 0.6) is 0 Å². The summed E-state index contributed by atoms with van der Waals surface area (Å²) in [5, 5.41) is 9.39. The molecule has 1 aliphatic rings. The zero-order valence-electron chi connectivity index (χ0n) is 10.0. The summed E-state index contributed by atoms with van der Waals surface area (Å²) in [5.41, 5.74) is 5.47. The van der Waals surface area contributed by atoms with Gasteiger partial charge in [0.2, 0.25) is 10.0 Å². The van der Waals surface area contributed by atoms with Gasteiger partial charge >= 0.3 is 0 Å². The van der Waals surface area contributed by atoms with E-state index in [0.717, 1.165) is 4.88 Å². The molecule has 18 heavy (non-hydrogen) atoms. The lowest BCUT2D eigenvalue weighted by molar-refractivity contribution is 0.120. The van der Waals surface area contributed by atoms with E-state index in [9.17, 15) is 13.5 Å². The minimum atomic E-state index is -3.44. The van der Waals surface area contributed by atoms with E-state index in [-0.39, 0.29) is 12.1 Å². The lowest BCUT2D eigenvalue weighted by Gasteiger charge is -2.25. The Morgan fingerprint density at radius 1 is 1.33 bits per heavy atom. The highest BCUT2D eigenvalue weighted by atomic mass is 32.2. The monoisotopic (exact) mass is 290 g/mol. The van der Waals surface area contributed by atoms with Gasteiger partial charge in [0, 0.05) is 17.5 Å². The number of aliphatic hydroxyl groups excluding tert-OH is 1. The topological polar surface area (TPSA) is 92.4 Å². The number of sulfonamides is 1. The van der Waals surface area contributed by atoms with Gasteiger partial charge in [0.25, 0.3) is 0 Å². The minimum Gasteiger partial charge on any atom is -0.393 e. The van der Waals surface area contributed by atoms with E-state index in [2.05, 4.69) is 4.72 Å². The molecule has 102 valence electrons. The van der Waals surface area contributed by atoms with Crippen LogP contribution in [0.4, 0.5) is 0 Å². The fourth-order valence-corrected chi connectivity index (χ4v) is 4.64. The second-order valence-electron chi connectivity index (χ2n) is 4.55. The molecule has 0 radical (unpaired) electrons. The summed E-state index contributed by atoms with van der Waals surface area (Å²) in [6.45, 7) is 0.357. The van der Waals surface area contributed by atoms with Crippen LogP contribution in [-0.2, 0) is 16.6 Å². The van der Waals surface area contributed by atoms with Crippen LogP contribution in [0.1, 0.15) is 30.6 Å². The molecule has 1 aromatic heterocycles. The molecule has 0 aromatic carbocycles. The summed E-state index contributed by atoms with van der Waals surface area (Å²) < 4.78 is 27.2. The molecule has 1 aromatic rings. The number of hydrogen-bond acceptors (Lipinski definition) is 5. The van der Waals surface area contributed by atoms with Crippen molar-refractivity contribution in [2.24, 2.45) is 5.73 Å². The van der Waals surface area contributed by atoms with Crippen molar-refractivity contribution in [2.75, 3.05) is 0 Å². The standard InChI is InChI=1S/C11H18N2O3S2/c12-7-10-5-6-11(17-10)18(15,16)13-8-1-3-9(14)4-2-8/h5-6,8-9,13-14H,1-4,7,12H2. The van der Waals surface area contributed by atoms with Crippen molar-refractivity contribution in [2.45, 2.75) is 48.6 Å². The first kappa shape index (κ1) is 14.0. The van der Waals surface area contributed by atoms with E-state index < -0.39 is 10.0 Å². The Bertz CT molecular complexity index is 490. The molecule has 0 aliphatic heterocycles. The second kappa shape index (κ2) is 5.66. The predicted octanol–water partition coefficient (Wildman–Crippen LogP) is 0.789. The number of nitrogens with one attached hydrogen (secondary N) is 1. The molecule has 4 N–H and O–H groups in total. The van der Waals surface area contributed by atoms with Crippen LogP contribution in [0, 0.1) is 0 Å². The van der Waals surface area contributed by atoms with Crippen molar-refractivity contribution < 1.29 is 13.5 Å². The van der Waals surface area contributed by atoms with Crippen molar-refractivity contribution in [3.8, 4) is 0 Å². The molecule has 0 atom stereocenters. The minimum absolute atomic E-state index is 0.0678. The molecule has 7 heteroatoms. The van der Waals surface area contributed by atoms with Gasteiger partial charge in [-0.3, -0.25) is 0 Å². The Hall–Kier alpha value is -0.470. The zero-order chi connectivity index (χ0) is 13.2.